The number of hydrogen-bond donors (Lipinski definition) is 1. The van der Waals surface area contributed by atoms with E-state index >= 15 is 0 Å². The fourth-order valence-electron chi connectivity index (χ4n) is 2.41. The Morgan fingerprint density at radius 3 is 2.65 bits per heavy atom. The van der Waals surface area contributed by atoms with Crippen LogP contribution in [0.1, 0.15) is 24.1 Å². The van der Waals surface area contributed by atoms with Gasteiger partial charge in [-0.15, -0.1) is 0 Å². The minimum absolute atomic E-state index is 0.0863. The van der Waals surface area contributed by atoms with Crippen LogP contribution in [0.15, 0.2) is 36.4 Å². The normalized spacial score (nSPS) is 14.6. The summed E-state index contributed by atoms with van der Waals surface area (Å²) in [7, 11) is 0. The van der Waals surface area contributed by atoms with Gasteiger partial charge in [0, 0.05) is 12.5 Å². The van der Waals surface area contributed by atoms with Crippen LogP contribution in [0.3, 0.4) is 0 Å². The lowest BCUT2D eigenvalue weighted by atomic mass is 10.0. The van der Waals surface area contributed by atoms with Crippen LogP contribution in [0.5, 0.6) is 5.75 Å². The van der Waals surface area contributed by atoms with Crippen LogP contribution >= 0.6 is 0 Å². The fraction of sp³-hybridized carbons (Fsp3) is 0.250. The summed E-state index contributed by atoms with van der Waals surface area (Å²) in [4.78, 5) is 0. The molecule has 0 amide bonds. The van der Waals surface area contributed by atoms with Crippen molar-refractivity contribution in [1.82, 2.24) is 0 Å². The van der Waals surface area contributed by atoms with Crippen LogP contribution in [0, 0.1) is 11.6 Å². The second-order valence-corrected chi connectivity index (χ2v) is 4.93. The number of rotatable bonds is 3. The van der Waals surface area contributed by atoms with Gasteiger partial charge in [0.1, 0.15) is 23.1 Å². The highest BCUT2D eigenvalue weighted by Gasteiger charge is 2.16. The Morgan fingerprint density at radius 1 is 1.15 bits per heavy atom. The van der Waals surface area contributed by atoms with E-state index in [0.717, 1.165) is 23.3 Å². The molecule has 0 radical (unpaired) electrons. The highest BCUT2D eigenvalue weighted by atomic mass is 19.1. The maximum absolute atomic E-state index is 13.6. The predicted molar refractivity (Wildman–Crippen MR) is 74.0 cm³/mol. The summed E-state index contributed by atoms with van der Waals surface area (Å²) in [6.45, 7) is 2.58. The summed E-state index contributed by atoms with van der Waals surface area (Å²) in [6, 6.07) is 9.51. The van der Waals surface area contributed by atoms with Crippen molar-refractivity contribution in [1.29, 1.82) is 0 Å². The molecule has 1 N–H and O–H groups in total. The van der Waals surface area contributed by atoms with Crippen LogP contribution in [0.25, 0.3) is 0 Å². The average molecular weight is 275 g/mol. The lowest BCUT2D eigenvalue weighted by Gasteiger charge is -2.17. The van der Waals surface area contributed by atoms with Gasteiger partial charge in [0.05, 0.1) is 6.61 Å². The van der Waals surface area contributed by atoms with Crippen molar-refractivity contribution in [3.8, 4) is 5.75 Å². The minimum atomic E-state index is -0.582. The van der Waals surface area contributed by atoms with Crippen LogP contribution in [-0.4, -0.2) is 6.61 Å². The zero-order chi connectivity index (χ0) is 14.1. The molecule has 104 valence electrons. The van der Waals surface area contributed by atoms with E-state index in [-0.39, 0.29) is 11.7 Å². The van der Waals surface area contributed by atoms with Gasteiger partial charge in [-0.2, -0.15) is 0 Å². The zero-order valence-electron chi connectivity index (χ0n) is 11.1. The quantitative estimate of drug-likeness (QED) is 0.911. The molecule has 1 atom stereocenters. The molecule has 0 saturated heterocycles. The van der Waals surface area contributed by atoms with Crippen molar-refractivity contribution in [3.63, 3.8) is 0 Å². The molecule has 0 spiro atoms. The number of nitrogens with one attached hydrogen (secondary N) is 1. The number of anilines is 1. The summed E-state index contributed by atoms with van der Waals surface area (Å²) in [6.07, 6.45) is 0.879. The molecule has 1 aliphatic heterocycles. The first-order valence-electron chi connectivity index (χ1n) is 6.61. The molecule has 2 aromatic carbocycles. The molecule has 0 aromatic heterocycles. The Labute approximate surface area is 116 Å². The first kappa shape index (κ1) is 12.9. The Bertz CT molecular complexity index is 622. The molecule has 0 aliphatic carbocycles. The number of ether oxygens (including phenoxy) is 1. The molecule has 3 rings (SSSR count). The molecular weight excluding hydrogens is 260 g/mol. The molecule has 0 bridgehead atoms. The molecule has 1 aliphatic rings. The monoisotopic (exact) mass is 275 g/mol. The molecule has 1 heterocycles. The molecular formula is C16H15F2NO. The highest BCUT2D eigenvalue weighted by molar-refractivity contribution is 5.49. The topological polar surface area (TPSA) is 21.3 Å². The number of hydrogen-bond acceptors (Lipinski definition) is 2. The summed E-state index contributed by atoms with van der Waals surface area (Å²) >= 11 is 0. The maximum Gasteiger partial charge on any atom is 0.149 e. The average Bonchev–Trinajstić information content (AvgIpc) is 2.90. The van der Waals surface area contributed by atoms with Gasteiger partial charge in [-0.3, -0.25) is 0 Å². The van der Waals surface area contributed by atoms with E-state index in [4.69, 9.17) is 4.74 Å². The SMILES string of the molecule is CC(Nc1c(F)cccc1F)c1ccc2c(c1)CCO2. The lowest BCUT2D eigenvalue weighted by Crippen LogP contribution is -2.09. The summed E-state index contributed by atoms with van der Waals surface area (Å²) < 4.78 is 32.7. The van der Waals surface area contributed by atoms with Gasteiger partial charge < -0.3 is 10.1 Å². The van der Waals surface area contributed by atoms with E-state index in [0.29, 0.717) is 6.61 Å². The first-order chi connectivity index (χ1) is 9.65. The third-order valence-electron chi connectivity index (χ3n) is 3.54. The van der Waals surface area contributed by atoms with E-state index in [2.05, 4.69) is 5.32 Å². The second kappa shape index (κ2) is 5.12. The van der Waals surface area contributed by atoms with Gasteiger partial charge >= 0.3 is 0 Å². The summed E-state index contributed by atoms with van der Waals surface area (Å²) in [5.74, 6) is -0.263. The number of benzene rings is 2. The lowest BCUT2D eigenvalue weighted by molar-refractivity contribution is 0.357. The zero-order valence-corrected chi connectivity index (χ0v) is 11.1. The summed E-state index contributed by atoms with van der Waals surface area (Å²) in [5, 5.41) is 2.90. The van der Waals surface area contributed by atoms with Crippen LogP contribution in [0.2, 0.25) is 0 Å². The Morgan fingerprint density at radius 2 is 1.90 bits per heavy atom. The van der Waals surface area contributed by atoms with Crippen molar-refractivity contribution in [2.45, 2.75) is 19.4 Å². The molecule has 2 aromatic rings. The van der Waals surface area contributed by atoms with Crippen LogP contribution < -0.4 is 10.1 Å². The maximum atomic E-state index is 13.6. The third kappa shape index (κ3) is 2.33. The Kier molecular flexibility index (Phi) is 3.30. The van der Waals surface area contributed by atoms with Gasteiger partial charge in [0.25, 0.3) is 0 Å². The number of halogens is 2. The molecule has 1 unspecified atom stereocenters. The van der Waals surface area contributed by atoms with E-state index in [1.807, 2.05) is 25.1 Å². The Balaban J connectivity index is 1.84. The number of para-hydroxylation sites is 1. The fourth-order valence-corrected chi connectivity index (χ4v) is 2.41. The molecule has 2 nitrogen and oxygen atoms in total. The van der Waals surface area contributed by atoms with E-state index in [9.17, 15) is 8.78 Å². The molecule has 20 heavy (non-hydrogen) atoms. The van der Waals surface area contributed by atoms with Gasteiger partial charge in [-0.05, 0) is 42.3 Å². The largest absolute Gasteiger partial charge is 0.493 e. The van der Waals surface area contributed by atoms with Crippen LogP contribution in [-0.2, 0) is 6.42 Å². The number of fused-ring (bicyclic) bond motifs is 1. The van der Waals surface area contributed by atoms with E-state index < -0.39 is 11.6 Å². The predicted octanol–water partition coefficient (Wildman–Crippen LogP) is 4.07. The molecule has 4 heteroatoms. The van der Waals surface area contributed by atoms with Crippen molar-refractivity contribution < 1.29 is 13.5 Å². The molecule has 0 saturated carbocycles. The first-order valence-corrected chi connectivity index (χ1v) is 6.61. The van der Waals surface area contributed by atoms with Crippen LogP contribution in [0.4, 0.5) is 14.5 Å². The smallest absolute Gasteiger partial charge is 0.149 e. The van der Waals surface area contributed by atoms with E-state index in [1.54, 1.807) is 0 Å². The summed E-state index contributed by atoms with van der Waals surface area (Å²) in [5.41, 5.74) is 2.04. The third-order valence-corrected chi connectivity index (χ3v) is 3.54. The van der Waals surface area contributed by atoms with E-state index in [1.165, 1.54) is 18.2 Å². The highest BCUT2D eigenvalue weighted by Crippen LogP contribution is 2.30. The molecule has 0 fully saturated rings. The van der Waals surface area contributed by atoms with Crippen molar-refractivity contribution in [2.24, 2.45) is 0 Å². The van der Waals surface area contributed by atoms with Gasteiger partial charge in [-0.25, -0.2) is 8.78 Å². The van der Waals surface area contributed by atoms with Crippen molar-refractivity contribution in [2.75, 3.05) is 11.9 Å². The standard InChI is InChI=1S/C16H15F2NO/c1-10(19-16-13(17)3-2-4-14(16)18)11-5-6-15-12(9-11)7-8-20-15/h2-6,9-10,19H,7-8H2,1H3. The van der Waals surface area contributed by atoms with Gasteiger partial charge in [0.2, 0.25) is 0 Å². The Hall–Kier alpha value is -2.10. The second-order valence-electron chi connectivity index (χ2n) is 4.93. The van der Waals surface area contributed by atoms with Gasteiger partial charge in [0.15, 0.2) is 0 Å². The minimum Gasteiger partial charge on any atom is -0.493 e. The van der Waals surface area contributed by atoms with Gasteiger partial charge in [-0.1, -0.05) is 12.1 Å². The van der Waals surface area contributed by atoms with Crippen molar-refractivity contribution in [3.05, 3.63) is 59.2 Å². The van der Waals surface area contributed by atoms with Crippen molar-refractivity contribution >= 4 is 5.69 Å².